The summed E-state index contributed by atoms with van der Waals surface area (Å²) in [6.07, 6.45) is 15.4. The Bertz CT molecular complexity index is 783. The van der Waals surface area contributed by atoms with Crippen LogP contribution in [0.3, 0.4) is 0 Å². The predicted molar refractivity (Wildman–Crippen MR) is 129 cm³/mol. The van der Waals surface area contributed by atoms with E-state index < -0.39 is 5.60 Å². The molecule has 186 valence electrons. The minimum Gasteiger partial charge on any atom is -0.472 e. The number of hydrogen-bond donors (Lipinski definition) is 2. The highest BCUT2D eigenvalue weighted by Crippen LogP contribution is 2.70. The van der Waals surface area contributed by atoms with Gasteiger partial charge in [0.05, 0.1) is 37.4 Å². The van der Waals surface area contributed by atoms with Crippen molar-refractivity contribution in [3.63, 3.8) is 0 Å². The fraction of sp³-hybridized carbons (Fsp3) is 0.857. The zero-order chi connectivity index (χ0) is 23.1. The van der Waals surface area contributed by atoms with Crippen molar-refractivity contribution in [1.82, 2.24) is 0 Å². The summed E-state index contributed by atoms with van der Waals surface area (Å²) in [5.74, 6) is 2.21. The van der Waals surface area contributed by atoms with Crippen LogP contribution in [-0.4, -0.2) is 43.2 Å². The summed E-state index contributed by atoms with van der Waals surface area (Å²) in [7, 11) is 0. The zero-order valence-electron chi connectivity index (χ0n) is 20.8. The Morgan fingerprint density at radius 3 is 2.70 bits per heavy atom. The van der Waals surface area contributed by atoms with Gasteiger partial charge in [0.15, 0.2) is 0 Å². The molecule has 0 unspecified atom stereocenters. The minimum absolute atomic E-state index is 0.0363. The van der Waals surface area contributed by atoms with Gasteiger partial charge in [-0.1, -0.05) is 13.8 Å². The topological polar surface area (TPSA) is 77.9 Å². The summed E-state index contributed by atoms with van der Waals surface area (Å²) in [6, 6.07) is 2.12. The lowest BCUT2D eigenvalue weighted by Gasteiger charge is -2.63. The summed E-state index contributed by atoms with van der Waals surface area (Å²) in [6.45, 7) is 7.71. The van der Waals surface area contributed by atoms with Crippen LogP contribution >= 0.6 is 0 Å². The SMILES string of the molecule is C[C@]12CC[C@H](OCCOCCCN)C[C@H]1CC[C@@H]1[C@@H]2CC[C@]2(C)[C@@H](c3ccoc3)CC[C@]12O. The van der Waals surface area contributed by atoms with Crippen LogP contribution in [0.15, 0.2) is 23.0 Å². The maximum atomic E-state index is 12.3. The number of rotatable bonds is 8. The lowest BCUT2D eigenvalue weighted by atomic mass is 9.43. The monoisotopic (exact) mass is 459 g/mol. The average molecular weight is 460 g/mol. The standard InChI is InChI=1S/C28H45NO4/c1-26-10-6-22(33-17-16-31-14-3-13-29)18-21(26)4-5-25-24(26)7-11-27(2)23(8-12-28(25,27)30)20-9-15-32-19-20/h9,15,19,21-25,30H,3-8,10-14,16-18,29H2,1-2H3/t21-,22+,23-,24+,25-,26+,27-,28+/m1/s1. The molecule has 1 aromatic rings. The predicted octanol–water partition coefficient (Wildman–Crippen LogP) is 5.27. The molecule has 33 heavy (non-hydrogen) atoms. The van der Waals surface area contributed by atoms with Gasteiger partial charge in [0.25, 0.3) is 0 Å². The third-order valence-electron chi connectivity index (χ3n) is 10.8. The highest BCUT2D eigenvalue weighted by Gasteiger charge is 2.67. The second-order valence-corrected chi connectivity index (χ2v) is 12.0. The van der Waals surface area contributed by atoms with Crippen molar-refractivity contribution in [1.29, 1.82) is 0 Å². The molecule has 0 aromatic carbocycles. The molecule has 0 aliphatic heterocycles. The zero-order valence-corrected chi connectivity index (χ0v) is 20.8. The molecule has 0 amide bonds. The molecule has 1 heterocycles. The van der Waals surface area contributed by atoms with Gasteiger partial charge in [-0.3, -0.25) is 0 Å². The van der Waals surface area contributed by atoms with Crippen molar-refractivity contribution >= 4 is 0 Å². The molecule has 0 saturated heterocycles. The molecular weight excluding hydrogens is 414 g/mol. The molecule has 1 aromatic heterocycles. The van der Waals surface area contributed by atoms with E-state index in [1.165, 1.54) is 37.7 Å². The lowest BCUT2D eigenvalue weighted by Crippen LogP contribution is -2.62. The maximum absolute atomic E-state index is 12.3. The van der Waals surface area contributed by atoms with E-state index in [-0.39, 0.29) is 5.41 Å². The first-order valence-electron chi connectivity index (χ1n) is 13.6. The normalized spacial score (nSPS) is 44.8. The van der Waals surface area contributed by atoms with E-state index in [0.717, 1.165) is 44.6 Å². The largest absolute Gasteiger partial charge is 0.472 e. The van der Waals surface area contributed by atoms with Crippen LogP contribution in [0.1, 0.15) is 89.5 Å². The Morgan fingerprint density at radius 1 is 1.03 bits per heavy atom. The fourth-order valence-electron chi connectivity index (χ4n) is 8.91. The van der Waals surface area contributed by atoms with E-state index in [1.807, 2.05) is 6.26 Å². The summed E-state index contributed by atoms with van der Waals surface area (Å²) < 4.78 is 17.3. The third-order valence-corrected chi connectivity index (χ3v) is 10.8. The van der Waals surface area contributed by atoms with E-state index in [1.54, 1.807) is 6.26 Å². The molecule has 4 saturated carbocycles. The van der Waals surface area contributed by atoms with Crippen LogP contribution in [0.4, 0.5) is 0 Å². The second-order valence-electron chi connectivity index (χ2n) is 12.0. The molecule has 5 nitrogen and oxygen atoms in total. The summed E-state index contributed by atoms with van der Waals surface area (Å²) in [5.41, 5.74) is 6.57. The molecular formula is C28H45NO4. The summed E-state index contributed by atoms with van der Waals surface area (Å²) in [5, 5.41) is 12.3. The number of nitrogens with two attached hydrogens (primary N) is 1. The van der Waals surface area contributed by atoms with Crippen molar-refractivity contribution in [2.45, 2.75) is 95.7 Å². The van der Waals surface area contributed by atoms with Crippen molar-refractivity contribution in [3.05, 3.63) is 24.2 Å². The Labute approximate surface area is 199 Å². The molecule has 8 atom stereocenters. The van der Waals surface area contributed by atoms with Gasteiger partial charge in [0.2, 0.25) is 0 Å². The van der Waals surface area contributed by atoms with Gasteiger partial charge in [-0.2, -0.15) is 0 Å². The first kappa shape index (κ1) is 23.8. The quantitative estimate of drug-likeness (QED) is 0.518. The minimum atomic E-state index is -0.542. The molecule has 4 fully saturated rings. The van der Waals surface area contributed by atoms with Gasteiger partial charge in [-0.15, -0.1) is 0 Å². The highest BCUT2D eigenvalue weighted by atomic mass is 16.5. The molecule has 3 N–H and O–H groups in total. The van der Waals surface area contributed by atoms with Crippen LogP contribution in [-0.2, 0) is 9.47 Å². The van der Waals surface area contributed by atoms with Gasteiger partial charge in [0.1, 0.15) is 0 Å². The van der Waals surface area contributed by atoms with Gasteiger partial charge in [-0.25, -0.2) is 0 Å². The number of ether oxygens (including phenoxy) is 2. The van der Waals surface area contributed by atoms with E-state index in [9.17, 15) is 5.11 Å². The molecule has 0 radical (unpaired) electrons. The van der Waals surface area contributed by atoms with Gasteiger partial charge >= 0.3 is 0 Å². The van der Waals surface area contributed by atoms with Crippen LogP contribution in [0.2, 0.25) is 0 Å². The third kappa shape index (κ3) is 3.91. The Morgan fingerprint density at radius 2 is 1.91 bits per heavy atom. The molecule has 5 heteroatoms. The van der Waals surface area contributed by atoms with E-state index in [0.29, 0.717) is 49.0 Å². The Kier molecular flexibility index (Phi) is 6.71. The van der Waals surface area contributed by atoms with Crippen LogP contribution < -0.4 is 5.73 Å². The Balaban J connectivity index is 1.24. The number of aliphatic hydroxyl groups is 1. The lowest BCUT2D eigenvalue weighted by molar-refractivity contribution is -0.207. The highest BCUT2D eigenvalue weighted by molar-refractivity contribution is 5.26. The fourth-order valence-corrected chi connectivity index (χ4v) is 8.91. The van der Waals surface area contributed by atoms with E-state index >= 15 is 0 Å². The summed E-state index contributed by atoms with van der Waals surface area (Å²) >= 11 is 0. The van der Waals surface area contributed by atoms with E-state index in [4.69, 9.17) is 19.6 Å². The summed E-state index contributed by atoms with van der Waals surface area (Å²) in [4.78, 5) is 0. The average Bonchev–Trinajstić information content (AvgIpc) is 3.42. The van der Waals surface area contributed by atoms with Crippen molar-refractivity contribution in [2.24, 2.45) is 34.3 Å². The first-order valence-corrected chi connectivity index (χ1v) is 13.6. The first-order chi connectivity index (χ1) is 15.9. The molecule has 4 aliphatic rings. The van der Waals surface area contributed by atoms with E-state index in [2.05, 4.69) is 19.9 Å². The number of hydrogen-bond acceptors (Lipinski definition) is 5. The molecule has 0 bridgehead atoms. The smallest absolute Gasteiger partial charge is 0.0937 e. The maximum Gasteiger partial charge on any atom is 0.0937 e. The van der Waals surface area contributed by atoms with Crippen LogP contribution in [0, 0.1) is 28.6 Å². The van der Waals surface area contributed by atoms with Gasteiger partial charge in [-0.05, 0) is 111 Å². The number of furan rings is 1. The van der Waals surface area contributed by atoms with Crippen molar-refractivity contribution in [3.8, 4) is 0 Å². The van der Waals surface area contributed by atoms with Crippen LogP contribution in [0.5, 0.6) is 0 Å². The van der Waals surface area contributed by atoms with Gasteiger partial charge in [0, 0.05) is 12.0 Å². The second kappa shape index (κ2) is 9.29. The molecule has 5 rings (SSSR count). The molecule has 4 aliphatic carbocycles. The van der Waals surface area contributed by atoms with Gasteiger partial charge < -0.3 is 24.7 Å². The number of fused-ring (bicyclic) bond motifs is 5. The van der Waals surface area contributed by atoms with Crippen molar-refractivity contribution < 1.29 is 19.0 Å². The Hall–Kier alpha value is -0.880. The van der Waals surface area contributed by atoms with Crippen LogP contribution in [0.25, 0.3) is 0 Å². The molecule has 0 spiro atoms. The van der Waals surface area contributed by atoms with Crippen molar-refractivity contribution in [2.75, 3.05) is 26.4 Å².